The van der Waals surface area contributed by atoms with Crippen LogP contribution >= 0.6 is 0 Å². The Hall–Kier alpha value is -2.04. The molecule has 0 unspecified atom stereocenters. The molecule has 1 aliphatic carbocycles. The van der Waals surface area contributed by atoms with Gasteiger partial charge < -0.3 is 14.9 Å². The van der Waals surface area contributed by atoms with Crippen molar-refractivity contribution >= 4 is 12.3 Å². The zero-order chi connectivity index (χ0) is 12.4. The average molecular weight is 236 g/mol. The Morgan fingerprint density at radius 3 is 2.88 bits per heavy atom. The topological polar surface area (TPSA) is 83.8 Å². The molecule has 2 N–H and O–H groups in total. The molecule has 17 heavy (non-hydrogen) atoms. The van der Waals surface area contributed by atoms with Gasteiger partial charge in [0.1, 0.15) is 0 Å². The summed E-state index contributed by atoms with van der Waals surface area (Å²) < 4.78 is 4.96. The molecule has 0 spiro atoms. The number of carbonyl (C=O) groups excluding carboxylic acids is 1. The van der Waals surface area contributed by atoms with Crippen LogP contribution in [0, 0.1) is 0 Å². The van der Waals surface area contributed by atoms with Gasteiger partial charge in [0.2, 0.25) is 0 Å². The number of phenolic OH excluding ortho intramolecular Hbond substituents is 1. The quantitative estimate of drug-likeness (QED) is 0.766. The number of carbonyl (C=O) groups is 2. The molecule has 5 nitrogen and oxygen atoms in total. The number of benzene rings is 1. The van der Waals surface area contributed by atoms with E-state index in [1.54, 1.807) is 6.07 Å². The van der Waals surface area contributed by atoms with Crippen molar-refractivity contribution in [2.45, 2.75) is 19.3 Å². The lowest BCUT2D eigenvalue weighted by atomic mass is 10.0. The zero-order valence-electron chi connectivity index (χ0n) is 9.10. The van der Waals surface area contributed by atoms with E-state index in [9.17, 15) is 14.7 Å². The first-order valence-corrected chi connectivity index (χ1v) is 5.31. The van der Waals surface area contributed by atoms with Crippen LogP contribution in [0.3, 0.4) is 0 Å². The van der Waals surface area contributed by atoms with Gasteiger partial charge in [0.05, 0.1) is 5.56 Å². The normalized spacial score (nSPS) is 13.2. The molecule has 0 fully saturated rings. The standard InChI is InChI=1S/C12H12O5/c13-5-9-8-3-1-2-7(8)4-10(14)12(9)17-6-11(15)16/h4-5,14H,1-3,6H2,(H,15,16). The third kappa shape index (κ3) is 2.08. The van der Waals surface area contributed by atoms with Crippen molar-refractivity contribution in [1.82, 2.24) is 0 Å². The molecule has 0 saturated carbocycles. The van der Waals surface area contributed by atoms with Crippen LogP contribution in [0.15, 0.2) is 6.07 Å². The number of ether oxygens (including phenoxy) is 1. The first kappa shape index (κ1) is 11.4. The molecule has 0 heterocycles. The smallest absolute Gasteiger partial charge is 0.341 e. The molecule has 1 aromatic carbocycles. The minimum Gasteiger partial charge on any atom is -0.504 e. The summed E-state index contributed by atoms with van der Waals surface area (Å²) in [5, 5.41) is 18.3. The Balaban J connectivity index is 2.43. The third-order valence-electron chi connectivity index (χ3n) is 2.83. The summed E-state index contributed by atoms with van der Waals surface area (Å²) >= 11 is 0. The number of aromatic hydroxyl groups is 1. The molecule has 0 aromatic heterocycles. The van der Waals surface area contributed by atoms with Crippen LogP contribution in [0.1, 0.15) is 27.9 Å². The lowest BCUT2D eigenvalue weighted by molar-refractivity contribution is -0.139. The summed E-state index contributed by atoms with van der Waals surface area (Å²) in [5.41, 5.74) is 2.07. The van der Waals surface area contributed by atoms with Crippen LogP contribution in [0.2, 0.25) is 0 Å². The summed E-state index contributed by atoms with van der Waals surface area (Å²) in [5.74, 6) is -1.35. The van der Waals surface area contributed by atoms with Gasteiger partial charge >= 0.3 is 5.97 Å². The highest BCUT2D eigenvalue weighted by Crippen LogP contribution is 2.38. The molecule has 0 bridgehead atoms. The van der Waals surface area contributed by atoms with Gasteiger partial charge in [-0.1, -0.05) is 0 Å². The number of phenols is 1. The van der Waals surface area contributed by atoms with Crippen molar-refractivity contribution < 1.29 is 24.5 Å². The van der Waals surface area contributed by atoms with Gasteiger partial charge in [-0.3, -0.25) is 4.79 Å². The second-order valence-corrected chi connectivity index (χ2v) is 3.93. The van der Waals surface area contributed by atoms with Crippen molar-refractivity contribution in [2.24, 2.45) is 0 Å². The molecule has 90 valence electrons. The minimum atomic E-state index is -1.15. The van der Waals surface area contributed by atoms with Gasteiger partial charge in [-0.25, -0.2) is 4.79 Å². The highest BCUT2D eigenvalue weighted by atomic mass is 16.5. The largest absolute Gasteiger partial charge is 0.504 e. The zero-order valence-corrected chi connectivity index (χ0v) is 9.10. The van der Waals surface area contributed by atoms with Gasteiger partial charge in [0.25, 0.3) is 0 Å². The number of rotatable bonds is 4. The molecule has 0 radical (unpaired) electrons. The van der Waals surface area contributed by atoms with Gasteiger partial charge in [-0.15, -0.1) is 0 Å². The Morgan fingerprint density at radius 2 is 2.24 bits per heavy atom. The molecule has 1 aromatic rings. The predicted molar refractivity (Wildman–Crippen MR) is 58.7 cm³/mol. The molecule has 0 saturated heterocycles. The van der Waals surface area contributed by atoms with Crippen LogP contribution in [0.5, 0.6) is 11.5 Å². The van der Waals surface area contributed by atoms with Crippen molar-refractivity contribution in [3.63, 3.8) is 0 Å². The highest BCUT2D eigenvalue weighted by molar-refractivity contribution is 5.85. The number of aryl methyl sites for hydroxylation is 1. The molecular weight excluding hydrogens is 224 g/mol. The third-order valence-corrected chi connectivity index (χ3v) is 2.83. The van der Waals surface area contributed by atoms with E-state index in [-0.39, 0.29) is 17.1 Å². The van der Waals surface area contributed by atoms with Crippen molar-refractivity contribution in [1.29, 1.82) is 0 Å². The van der Waals surface area contributed by atoms with Crippen LogP contribution in [0.25, 0.3) is 0 Å². The summed E-state index contributed by atoms with van der Waals surface area (Å²) in [6, 6.07) is 1.55. The lowest BCUT2D eigenvalue weighted by Gasteiger charge is -2.12. The van der Waals surface area contributed by atoms with E-state index >= 15 is 0 Å². The van der Waals surface area contributed by atoms with Crippen molar-refractivity contribution in [2.75, 3.05) is 6.61 Å². The first-order valence-electron chi connectivity index (χ1n) is 5.31. The summed E-state index contributed by atoms with van der Waals surface area (Å²) in [6.45, 7) is -0.576. The van der Waals surface area contributed by atoms with Gasteiger partial charge in [-0.2, -0.15) is 0 Å². The number of carboxylic acid groups (broad SMARTS) is 1. The number of carboxylic acids is 1. The van der Waals surface area contributed by atoms with Crippen LogP contribution in [0.4, 0.5) is 0 Å². The number of hydrogen-bond acceptors (Lipinski definition) is 4. The van der Waals surface area contributed by atoms with E-state index in [4.69, 9.17) is 9.84 Å². The van der Waals surface area contributed by atoms with Gasteiger partial charge in [0, 0.05) is 0 Å². The molecule has 0 atom stereocenters. The fourth-order valence-corrected chi connectivity index (χ4v) is 2.15. The Kier molecular flexibility index (Phi) is 2.99. The molecule has 5 heteroatoms. The van der Waals surface area contributed by atoms with E-state index in [0.717, 1.165) is 30.4 Å². The first-order chi connectivity index (χ1) is 8.13. The Morgan fingerprint density at radius 1 is 1.47 bits per heavy atom. The summed E-state index contributed by atoms with van der Waals surface area (Å²) in [7, 11) is 0. The van der Waals surface area contributed by atoms with Crippen molar-refractivity contribution in [3.8, 4) is 11.5 Å². The Labute approximate surface area is 97.6 Å². The van der Waals surface area contributed by atoms with E-state index < -0.39 is 12.6 Å². The van der Waals surface area contributed by atoms with Gasteiger partial charge in [-0.05, 0) is 36.5 Å². The second kappa shape index (κ2) is 4.45. The molecule has 2 rings (SSSR count). The maximum absolute atomic E-state index is 11.0. The number of aliphatic carboxylic acids is 1. The summed E-state index contributed by atoms with van der Waals surface area (Å²) in [4.78, 5) is 21.5. The van der Waals surface area contributed by atoms with E-state index in [1.165, 1.54) is 0 Å². The molecule has 0 amide bonds. The summed E-state index contributed by atoms with van der Waals surface area (Å²) in [6.07, 6.45) is 3.12. The van der Waals surface area contributed by atoms with E-state index in [2.05, 4.69) is 0 Å². The lowest BCUT2D eigenvalue weighted by Crippen LogP contribution is -2.11. The van der Waals surface area contributed by atoms with E-state index in [0.29, 0.717) is 6.29 Å². The fourth-order valence-electron chi connectivity index (χ4n) is 2.15. The van der Waals surface area contributed by atoms with Crippen LogP contribution in [-0.4, -0.2) is 29.1 Å². The molecular formula is C12H12O5. The monoisotopic (exact) mass is 236 g/mol. The molecule has 0 aliphatic heterocycles. The van der Waals surface area contributed by atoms with Crippen molar-refractivity contribution in [3.05, 3.63) is 22.8 Å². The maximum Gasteiger partial charge on any atom is 0.341 e. The Bertz CT molecular complexity index is 478. The molecule has 1 aliphatic rings. The number of aldehydes is 1. The average Bonchev–Trinajstić information content (AvgIpc) is 2.72. The number of hydrogen-bond donors (Lipinski definition) is 2. The van der Waals surface area contributed by atoms with Crippen LogP contribution in [-0.2, 0) is 17.6 Å². The van der Waals surface area contributed by atoms with Gasteiger partial charge in [0.15, 0.2) is 24.4 Å². The second-order valence-electron chi connectivity index (χ2n) is 3.93. The van der Waals surface area contributed by atoms with Crippen LogP contribution < -0.4 is 4.74 Å². The number of fused-ring (bicyclic) bond motifs is 1. The highest BCUT2D eigenvalue weighted by Gasteiger charge is 2.22. The maximum atomic E-state index is 11.0. The predicted octanol–water partition coefficient (Wildman–Crippen LogP) is 1.16. The minimum absolute atomic E-state index is 0.0250. The van der Waals surface area contributed by atoms with E-state index in [1.807, 2.05) is 0 Å². The SMILES string of the molecule is O=Cc1c2c(cc(O)c1OCC(=O)O)CCC2. The fraction of sp³-hybridized carbons (Fsp3) is 0.333.